The molecule has 0 fully saturated rings. The van der Waals surface area contributed by atoms with Crippen LogP contribution in [-0.4, -0.2) is 32.0 Å². The summed E-state index contributed by atoms with van der Waals surface area (Å²) in [6, 6.07) is 14.8. The summed E-state index contributed by atoms with van der Waals surface area (Å²) in [5.74, 6) is 0.0931. The molecule has 190 valence electrons. The Hall–Kier alpha value is -1.95. The van der Waals surface area contributed by atoms with Crippen LogP contribution in [0.25, 0.3) is 10.9 Å². The maximum Gasteiger partial charge on any atom is 0.242 e. The van der Waals surface area contributed by atoms with E-state index in [9.17, 15) is 10.0 Å². The Morgan fingerprint density at radius 1 is 1.09 bits per heavy atom. The number of aromatic nitrogens is 1. The van der Waals surface area contributed by atoms with Crippen molar-refractivity contribution in [3.8, 4) is 0 Å². The van der Waals surface area contributed by atoms with Gasteiger partial charge in [0.25, 0.3) is 0 Å². The van der Waals surface area contributed by atoms with Gasteiger partial charge in [-0.15, -0.1) is 11.8 Å². The molecule has 0 aliphatic carbocycles. The van der Waals surface area contributed by atoms with Gasteiger partial charge in [0.15, 0.2) is 0 Å². The van der Waals surface area contributed by atoms with E-state index in [4.69, 9.17) is 11.6 Å². The molecule has 1 heterocycles. The Bertz CT molecular complexity index is 1190. The van der Waals surface area contributed by atoms with Crippen LogP contribution in [0.15, 0.2) is 47.4 Å². The number of carbonyl (C=O) groups excluding carboxylic acids is 1. The maximum atomic E-state index is 11.8. The molecule has 0 bridgehead atoms. The van der Waals surface area contributed by atoms with Crippen LogP contribution in [0.2, 0.25) is 5.02 Å². The lowest BCUT2D eigenvalue weighted by Crippen LogP contribution is -2.36. The number of amides is 1. The molecule has 0 unspecified atom stereocenters. The lowest BCUT2D eigenvalue weighted by atomic mass is 9.87. The number of halogens is 1. The van der Waals surface area contributed by atoms with Crippen LogP contribution in [-0.2, 0) is 17.8 Å². The monoisotopic (exact) mass is 514 g/mol. The number of carbonyl (C=O) groups is 1. The molecule has 0 aliphatic rings. The highest BCUT2D eigenvalue weighted by molar-refractivity contribution is 8.00. The highest BCUT2D eigenvalue weighted by Gasteiger charge is 2.30. The number of hydroxylamine groups is 2. The second-order valence-electron chi connectivity index (χ2n) is 11.6. The largest absolute Gasteiger partial charge is 0.339 e. The topological polar surface area (TPSA) is 45.5 Å². The van der Waals surface area contributed by atoms with Gasteiger partial charge in [-0.3, -0.25) is 10.0 Å². The van der Waals surface area contributed by atoms with Crippen LogP contribution < -0.4 is 0 Å². The van der Waals surface area contributed by atoms with Gasteiger partial charge in [0.2, 0.25) is 5.91 Å². The molecular formula is C29H39ClN2O2S. The molecule has 1 amide bonds. The number of benzene rings is 2. The molecule has 1 N–H and O–H groups in total. The van der Waals surface area contributed by atoms with Gasteiger partial charge in [0, 0.05) is 44.7 Å². The zero-order valence-corrected chi connectivity index (χ0v) is 23.8. The third-order valence-electron chi connectivity index (χ3n) is 6.06. The van der Waals surface area contributed by atoms with Crippen molar-refractivity contribution in [2.45, 2.75) is 83.9 Å². The van der Waals surface area contributed by atoms with Gasteiger partial charge in [-0.25, -0.2) is 5.06 Å². The van der Waals surface area contributed by atoms with Crippen LogP contribution in [0, 0.1) is 5.41 Å². The summed E-state index contributed by atoms with van der Waals surface area (Å²) in [5, 5.41) is 13.0. The highest BCUT2D eigenvalue weighted by atomic mass is 35.5. The van der Waals surface area contributed by atoms with E-state index in [0.29, 0.717) is 5.92 Å². The zero-order chi connectivity index (χ0) is 26.1. The Balaban J connectivity index is 2.23. The average molecular weight is 515 g/mol. The fourth-order valence-corrected chi connectivity index (χ4v) is 5.64. The first kappa shape index (κ1) is 27.6. The molecule has 0 radical (unpaired) electrons. The lowest BCUT2D eigenvalue weighted by Gasteiger charge is -2.30. The SMILES string of the molecule is CC(=O)N(O)CC(C)(C)Cc1c(SC(C)(C)C)c2cc(C(C)C)ccc2n1Cc1ccc(Cl)cc1. The molecule has 0 aliphatic heterocycles. The minimum atomic E-state index is -0.342. The number of hydrogen-bond acceptors (Lipinski definition) is 3. The first-order valence-electron chi connectivity index (χ1n) is 12.2. The van der Waals surface area contributed by atoms with Crippen LogP contribution in [0.4, 0.5) is 0 Å². The summed E-state index contributed by atoms with van der Waals surface area (Å²) in [6.45, 7) is 17.8. The third kappa shape index (κ3) is 7.05. The molecular weight excluding hydrogens is 476 g/mol. The van der Waals surface area contributed by atoms with Crippen molar-refractivity contribution in [2.24, 2.45) is 5.41 Å². The Morgan fingerprint density at radius 2 is 1.71 bits per heavy atom. The summed E-state index contributed by atoms with van der Waals surface area (Å²) in [4.78, 5) is 13.0. The molecule has 0 saturated heterocycles. The lowest BCUT2D eigenvalue weighted by molar-refractivity contribution is -0.168. The Kier molecular flexibility index (Phi) is 8.35. The van der Waals surface area contributed by atoms with Gasteiger partial charge in [-0.05, 0) is 53.1 Å². The predicted molar refractivity (Wildman–Crippen MR) is 149 cm³/mol. The molecule has 0 atom stereocenters. The minimum absolute atomic E-state index is 0.0223. The van der Waals surface area contributed by atoms with E-state index in [-0.39, 0.29) is 22.6 Å². The number of fused-ring (bicyclic) bond motifs is 1. The Morgan fingerprint density at radius 3 is 2.26 bits per heavy atom. The van der Waals surface area contributed by atoms with E-state index in [1.165, 1.54) is 39.5 Å². The van der Waals surface area contributed by atoms with Gasteiger partial charge in [-0.2, -0.15) is 0 Å². The molecule has 0 spiro atoms. The van der Waals surface area contributed by atoms with E-state index in [1.54, 1.807) is 0 Å². The molecule has 6 heteroatoms. The van der Waals surface area contributed by atoms with Gasteiger partial charge in [-0.1, -0.05) is 78.3 Å². The van der Waals surface area contributed by atoms with Crippen molar-refractivity contribution in [1.82, 2.24) is 9.63 Å². The predicted octanol–water partition coefficient (Wildman–Crippen LogP) is 8.16. The summed E-state index contributed by atoms with van der Waals surface area (Å²) >= 11 is 8.05. The van der Waals surface area contributed by atoms with E-state index in [0.717, 1.165) is 23.1 Å². The zero-order valence-electron chi connectivity index (χ0n) is 22.3. The third-order valence-corrected chi connectivity index (χ3v) is 7.58. The summed E-state index contributed by atoms with van der Waals surface area (Å²) in [7, 11) is 0. The van der Waals surface area contributed by atoms with Crippen molar-refractivity contribution in [2.75, 3.05) is 6.54 Å². The second-order valence-corrected chi connectivity index (χ2v) is 13.8. The number of thioether (sulfide) groups is 1. The highest BCUT2D eigenvalue weighted by Crippen LogP contribution is 2.44. The van der Waals surface area contributed by atoms with Gasteiger partial charge in [0.05, 0.1) is 6.54 Å². The van der Waals surface area contributed by atoms with E-state index >= 15 is 0 Å². The fourth-order valence-electron chi connectivity index (χ4n) is 4.33. The summed E-state index contributed by atoms with van der Waals surface area (Å²) < 4.78 is 2.43. The number of nitrogens with zero attached hydrogens (tertiary/aromatic N) is 2. The van der Waals surface area contributed by atoms with Crippen molar-refractivity contribution in [3.05, 3.63) is 64.3 Å². The van der Waals surface area contributed by atoms with E-state index < -0.39 is 0 Å². The molecule has 2 aromatic carbocycles. The van der Waals surface area contributed by atoms with E-state index in [1.807, 2.05) is 23.9 Å². The summed E-state index contributed by atoms with van der Waals surface area (Å²) in [6.07, 6.45) is 0.717. The van der Waals surface area contributed by atoms with Crippen molar-refractivity contribution in [1.29, 1.82) is 0 Å². The number of hydrogen-bond donors (Lipinski definition) is 1. The molecule has 35 heavy (non-hydrogen) atoms. The van der Waals surface area contributed by atoms with Crippen LogP contribution in [0.1, 0.15) is 78.1 Å². The molecule has 4 nitrogen and oxygen atoms in total. The smallest absolute Gasteiger partial charge is 0.242 e. The molecule has 1 aromatic heterocycles. The molecule has 3 aromatic rings. The maximum absolute atomic E-state index is 11.8. The van der Waals surface area contributed by atoms with Crippen molar-refractivity contribution < 1.29 is 10.0 Å². The second kappa shape index (κ2) is 10.6. The van der Waals surface area contributed by atoms with E-state index in [2.05, 4.69) is 83.4 Å². The summed E-state index contributed by atoms with van der Waals surface area (Å²) in [5.41, 5.74) is 4.60. The molecule has 0 saturated carbocycles. The first-order valence-corrected chi connectivity index (χ1v) is 13.4. The van der Waals surface area contributed by atoms with Crippen molar-refractivity contribution in [3.63, 3.8) is 0 Å². The fraction of sp³-hybridized carbons (Fsp3) is 0.483. The minimum Gasteiger partial charge on any atom is -0.339 e. The first-order chi connectivity index (χ1) is 16.2. The van der Waals surface area contributed by atoms with Crippen LogP contribution in [0.3, 0.4) is 0 Å². The van der Waals surface area contributed by atoms with Gasteiger partial charge < -0.3 is 4.57 Å². The van der Waals surface area contributed by atoms with Crippen LogP contribution in [0.5, 0.6) is 0 Å². The van der Waals surface area contributed by atoms with Gasteiger partial charge >= 0.3 is 0 Å². The quantitative estimate of drug-likeness (QED) is 0.187. The van der Waals surface area contributed by atoms with Gasteiger partial charge in [0.1, 0.15) is 0 Å². The standard InChI is InChI=1S/C29H39ClN2O2S/c1-19(2)22-11-14-25-24(15-22)27(35-28(4,5)6)26(16-29(7,8)18-32(34)20(3)33)31(25)17-21-9-12-23(30)13-10-21/h9-15,19,34H,16-18H2,1-8H3. The normalized spacial score (nSPS) is 12.5. The van der Waals surface area contributed by atoms with Crippen LogP contribution >= 0.6 is 23.4 Å². The van der Waals surface area contributed by atoms with Crippen molar-refractivity contribution >= 4 is 40.2 Å². The average Bonchev–Trinajstić information content (AvgIpc) is 2.99. The molecule has 3 rings (SSSR count). The Labute approximate surface area is 219 Å². The number of rotatable bonds is 8.